The smallest absolute Gasteiger partial charge is 0.227 e. The van der Waals surface area contributed by atoms with Crippen molar-refractivity contribution in [3.05, 3.63) is 0 Å². The highest BCUT2D eigenvalue weighted by Crippen LogP contribution is 2.13. The number of ether oxygens (including phenoxy) is 1. The molecule has 0 bridgehead atoms. The molecule has 1 saturated heterocycles. The molecule has 88 valence electrons. The zero-order chi connectivity index (χ0) is 11.3. The molecule has 0 aromatic carbocycles. The van der Waals surface area contributed by atoms with Crippen LogP contribution in [0.1, 0.15) is 13.8 Å². The average Bonchev–Trinajstić information content (AvgIpc) is 2.66. The number of rotatable bonds is 5. The maximum Gasteiger partial charge on any atom is 0.227 e. The number of carbonyl (C=O) groups is 1. The van der Waals surface area contributed by atoms with E-state index in [1.807, 2.05) is 6.92 Å². The van der Waals surface area contributed by atoms with Crippen LogP contribution in [0.4, 0.5) is 0 Å². The van der Waals surface area contributed by atoms with Crippen molar-refractivity contribution in [2.75, 3.05) is 26.4 Å². The van der Waals surface area contributed by atoms with Crippen molar-refractivity contribution in [3.63, 3.8) is 0 Å². The molecule has 0 aliphatic carbocycles. The van der Waals surface area contributed by atoms with E-state index in [4.69, 9.17) is 9.84 Å². The standard InChI is InChI=1S/C10H20N2O3/c1-3-11-9-6-15-5-8(9)10(14)12-7(2)4-13/h7-9,11,13H,3-6H2,1-2H3,(H,12,14). The Morgan fingerprint density at radius 3 is 2.93 bits per heavy atom. The molecule has 3 N–H and O–H groups in total. The van der Waals surface area contributed by atoms with E-state index in [1.54, 1.807) is 6.92 Å². The monoisotopic (exact) mass is 216 g/mol. The van der Waals surface area contributed by atoms with E-state index in [1.165, 1.54) is 0 Å². The number of likely N-dealkylation sites (N-methyl/N-ethyl adjacent to an activating group) is 1. The van der Waals surface area contributed by atoms with Gasteiger partial charge < -0.3 is 20.5 Å². The molecular weight excluding hydrogens is 196 g/mol. The van der Waals surface area contributed by atoms with E-state index in [2.05, 4.69) is 10.6 Å². The van der Waals surface area contributed by atoms with Gasteiger partial charge in [-0.3, -0.25) is 4.79 Å². The highest BCUT2D eigenvalue weighted by atomic mass is 16.5. The Kier molecular flexibility index (Phi) is 5.01. The van der Waals surface area contributed by atoms with Crippen LogP contribution >= 0.6 is 0 Å². The highest BCUT2D eigenvalue weighted by Gasteiger charge is 2.33. The molecule has 0 spiro atoms. The van der Waals surface area contributed by atoms with Crippen molar-refractivity contribution < 1.29 is 14.6 Å². The van der Waals surface area contributed by atoms with Gasteiger partial charge in [-0.2, -0.15) is 0 Å². The van der Waals surface area contributed by atoms with Crippen molar-refractivity contribution in [1.82, 2.24) is 10.6 Å². The van der Waals surface area contributed by atoms with Crippen molar-refractivity contribution in [3.8, 4) is 0 Å². The summed E-state index contributed by atoms with van der Waals surface area (Å²) in [7, 11) is 0. The van der Waals surface area contributed by atoms with Crippen LogP contribution in [0.3, 0.4) is 0 Å². The summed E-state index contributed by atoms with van der Waals surface area (Å²) in [5, 5.41) is 14.8. The largest absolute Gasteiger partial charge is 0.394 e. The zero-order valence-electron chi connectivity index (χ0n) is 9.32. The second-order valence-electron chi connectivity index (χ2n) is 3.90. The van der Waals surface area contributed by atoms with Crippen molar-refractivity contribution >= 4 is 5.91 Å². The molecule has 1 amide bonds. The molecule has 5 nitrogen and oxygen atoms in total. The van der Waals surface area contributed by atoms with Gasteiger partial charge in [0.25, 0.3) is 0 Å². The summed E-state index contributed by atoms with van der Waals surface area (Å²) in [5.74, 6) is -0.182. The van der Waals surface area contributed by atoms with Crippen LogP contribution < -0.4 is 10.6 Å². The van der Waals surface area contributed by atoms with Crippen molar-refractivity contribution in [1.29, 1.82) is 0 Å². The van der Waals surface area contributed by atoms with Gasteiger partial charge >= 0.3 is 0 Å². The first kappa shape index (κ1) is 12.4. The fourth-order valence-electron chi connectivity index (χ4n) is 1.67. The molecule has 0 radical (unpaired) electrons. The lowest BCUT2D eigenvalue weighted by molar-refractivity contribution is -0.126. The maximum absolute atomic E-state index is 11.8. The Bertz CT molecular complexity index is 211. The van der Waals surface area contributed by atoms with Gasteiger partial charge in [0, 0.05) is 12.1 Å². The van der Waals surface area contributed by atoms with E-state index in [-0.39, 0.29) is 30.5 Å². The minimum atomic E-state index is -0.194. The van der Waals surface area contributed by atoms with Gasteiger partial charge in [0.05, 0.1) is 25.7 Å². The molecule has 0 aromatic rings. The molecule has 1 rings (SSSR count). The highest BCUT2D eigenvalue weighted by molar-refractivity contribution is 5.80. The summed E-state index contributed by atoms with van der Waals surface area (Å²) in [6, 6.07) is -0.0960. The Balaban J connectivity index is 2.43. The van der Waals surface area contributed by atoms with Crippen LogP contribution in [-0.2, 0) is 9.53 Å². The van der Waals surface area contributed by atoms with Crippen molar-refractivity contribution in [2.24, 2.45) is 5.92 Å². The first-order chi connectivity index (χ1) is 7.19. The van der Waals surface area contributed by atoms with Crippen LogP contribution in [-0.4, -0.2) is 49.5 Å². The number of hydrogen-bond acceptors (Lipinski definition) is 4. The predicted octanol–water partition coefficient (Wildman–Crippen LogP) is -0.892. The lowest BCUT2D eigenvalue weighted by atomic mass is 10.0. The maximum atomic E-state index is 11.8. The Morgan fingerprint density at radius 1 is 1.60 bits per heavy atom. The predicted molar refractivity (Wildman–Crippen MR) is 56.5 cm³/mol. The molecule has 3 atom stereocenters. The first-order valence-electron chi connectivity index (χ1n) is 5.41. The van der Waals surface area contributed by atoms with Crippen molar-refractivity contribution in [2.45, 2.75) is 25.9 Å². The third kappa shape index (κ3) is 3.44. The minimum absolute atomic E-state index is 0.0365. The Morgan fingerprint density at radius 2 is 2.33 bits per heavy atom. The third-order valence-corrected chi connectivity index (χ3v) is 2.55. The Hall–Kier alpha value is -0.650. The number of carbonyl (C=O) groups excluding carboxylic acids is 1. The zero-order valence-corrected chi connectivity index (χ0v) is 9.32. The molecule has 0 aromatic heterocycles. The molecule has 1 fully saturated rings. The fraction of sp³-hybridized carbons (Fsp3) is 0.900. The van der Waals surface area contributed by atoms with E-state index in [9.17, 15) is 4.79 Å². The lowest BCUT2D eigenvalue weighted by Gasteiger charge is -2.19. The van der Waals surface area contributed by atoms with Gasteiger partial charge in [-0.1, -0.05) is 6.92 Å². The van der Waals surface area contributed by atoms with Crippen LogP contribution in [0.15, 0.2) is 0 Å². The van der Waals surface area contributed by atoms with Crippen LogP contribution in [0, 0.1) is 5.92 Å². The van der Waals surface area contributed by atoms with Gasteiger partial charge in [0.1, 0.15) is 0 Å². The quantitative estimate of drug-likeness (QED) is 0.557. The number of amides is 1. The minimum Gasteiger partial charge on any atom is -0.394 e. The summed E-state index contributed by atoms with van der Waals surface area (Å²) in [5.41, 5.74) is 0. The van der Waals surface area contributed by atoms with Gasteiger partial charge in [-0.25, -0.2) is 0 Å². The average molecular weight is 216 g/mol. The van der Waals surface area contributed by atoms with Gasteiger partial charge in [-0.15, -0.1) is 0 Å². The number of hydrogen-bond donors (Lipinski definition) is 3. The van der Waals surface area contributed by atoms with Gasteiger partial charge in [-0.05, 0) is 13.5 Å². The number of aliphatic hydroxyl groups is 1. The summed E-state index contributed by atoms with van der Waals surface area (Å²) in [4.78, 5) is 11.8. The summed E-state index contributed by atoms with van der Waals surface area (Å²) in [6.07, 6.45) is 0. The molecule has 1 aliphatic rings. The summed E-state index contributed by atoms with van der Waals surface area (Å²) >= 11 is 0. The lowest BCUT2D eigenvalue weighted by Crippen LogP contribution is -2.47. The van der Waals surface area contributed by atoms with E-state index in [0.717, 1.165) is 6.54 Å². The molecule has 15 heavy (non-hydrogen) atoms. The normalized spacial score (nSPS) is 27.7. The van der Waals surface area contributed by atoms with Crippen LogP contribution in [0.25, 0.3) is 0 Å². The molecular formula is C10H20N2O3. The molecule has 1 aliphatic heterocycles. The molecule has 3 unspecified atom stereocenters. The van der Waals surface area contributed by atoms with Gasteiger partial charge in [0.2, 0.25) is 5.91 Å². The van der Waals surface area contributed by atoms with E-state index >= 15 is 0 Å². The first-order valence-corrected chi connectivity index (χ1v) is 5.41. The fourth-order valence-corrected chi connectivity index (χ4v) is 1.67. The summed E-state index contributed by atoms with van der Waals surface area (Å²) < 4.78 is 5.27. The number of aliphatic hydroxyl groups excluding tert-OH is 1. The second-order valence-corrected chi connectivity index (χ2v) is 3.90. The molecule has 0 saturated carbocycles. The second kappa shape index (κ2) is 6.05. The summed E-state index contributed by atoms with van der Waals surface area (Å²) in [6.45, 7) is 5.61. The number of nitrogens with one attached hydrogen (secondary N) is 2. The van der Waals surface area contributed by atoms with E-state index in [0.29, 0.717) is 13.2 Å². The Labute approximate surface area is 90.2 Å². The topological polar surface area (TPSA) is 70.6 Å². The van der Waals surface area contributed by atoms with Crippen LogP contribution in [0.5, 0.6) is 0 Å². The van der Waals surface area contributed by atoms with E-state index < -0.39 is 0 Å². The SMILES string of the molecule is CCNC1COCC1C(=O)NC(C)CO. The van der Waals surface area contributed by atoms with Crippen LogP contribution in [0.2, 0.25) is 0 Å². The third-order valence-electron chi connectivity index (χ3n) is 2.55. The molecule has 1 heterocycles. The molecule has 5 heteroatoms. The van der Waals surface area contributed by atoms with Gasteiger partial charge in [0.15, 0.2) is 0 Å².